The molecule has 0 aliphatic rings. The second kappa shape index (κ2) is 4.88. The normalized spacial score (nSPS) is 9.94. The Morgan fingerprint density at radius 2 is 2.12 bits per heavy atom. The highest BCUT2D eigenvalue weighted by atomic mass is 79.9. The van der Waals surface area contributed by atoms with Crippen molar-refractivity contribution in [3.8, 4) is 0 Å². The van der Waals surface area contributed by atoms with Gasteiger partial charge in [-0.3, -0.25) is 4.79 Å². The van der Waals surface area contributed by atoms with Gasteiger partial charge in [-0.05, 0) is 28.1 Å². The number of nitrogens with two attached hydrogens (primary N) is 1. The Morgan fingerprint density at radius 3 is 2.76 bits per heavy atom. The van der Waals surface area contributed by atoms with Crippen LogP contribution in [0.2, 0.25) is 0 Å². The molecule has 0 aliphatic carbocycles. The van der Waals surface area contributed by atoms with Gasteiger partial charge in [-0.15, -0.1) is 0 Å². The highest BCUT2D eigenvalue weighted by Crippen LogP contribution is 2.11. The van der Waals surface area contributed by atoms with Crippen LogP contribution in [0.15, 0.2) is 35.3 Å². The first kappa shape index (κ1) is 11.5. The molecule has 0 unspecified atom stereocenters. The summed E-state index contributed by atoms with van der Waals surface area (Å²) in [6.45, 7) is 0. The number of carbonyl (C=O) groups is 1. The van der Waals surface area contributed by atoms with Gasteiger partial charge in [0, 0.05) is 6.20 Å². The summed E-state index contributed by atoms with van der Waals surface area (Å²) in [6, 6.07) is 3.22. The van der Waals surface area contributed by atoms with E-state index in [-0.39, 0.29) is 11.7 Å². The van der Waals surface area contributed by atoms with Crippen LogP contribution in [0.3, 0.4) is 0 Å². The molecule has 6 nitrogen and oxygen atoms in total. The van der Waals surface area contributed by atoms with Crippen molar-refractivity contribution >= 4 is 33.5 Å². The summed E-state index contributed by atoms with van der Waals surface area (Å²) in [5, 5.41) is 2.57. The van der Waals surface area contributed by atoms with E-state index in [0.29, 0.717) is 16.0 Å². The summed E-state index contributed by atoms with van der Waals surface area (Å²) in [5.41, 5.74) is 5.89. The second-order valence-electron chi connectivity index (χ2n) is 3.11. The first-order chi connectivity index (χ1) is 8.16. The average molecular weight is 294 g/mol. The van der Waals surface area contributed by atoms with Gasteiger partial charge in [-0.1, -0.05) is 0 Å². The summed E-state index contributed by atoms with van der Waals surface area (Å²) in [6.07, 6.45) is 4.45. The van der Waals surface area contributed by atoms with Crippen LogP contribution in [0, 0.1) is 0 Å². The van der Waals surface area contributed by atoms with Crippen LogP contribution in [-0.4, -0.2) is 20.9 Å². The fourth-order valence-corrected chi connectivity index (χ4v) is 1.37. The third kappa shape index (κ3) is 2.76. The molecule has 7 heteroatoms. The third-order valence-corrected chi connectivity index (χ3v) is 2.35. The number of amides is 1. The average Bonchev–Trinajstić information content (AvgIpc) is 2.32. The summed E-state index contributed by atoms with van der Waals surface area (Å²) < 4.78 is 0.594. The Balaban J connectivity index is 2.17. The van der Waals surface area contributed by atoms with Crippen LogP contribution in [0.1, 0.15) is 10.4 Å². The standard InChI is InChI=1S/C10H8BrN5O/c11-7-4-15-8(5-14-7)16-10(17)6-2-1-3-13-9(6)12/h1-5H,(H2,12,13)(H,15,16,17). The molecule has 86 valence electrons. The number of nitrogens with one attached hydrogen (secondary N) is 1. The van der Waals surface area contributed by atoms with Crippen molar-refractivity contribution in [2.24, 2.45) is 0 Å². The van der Waals surface area contributed by atoms with Crippen LogP contribution in [-0.2, 0) is 0 Å². The Bertz CT molecular complexity index is 543. The van der Waals surface area contributed by atoms with Crippen LogP contribution in [0.25, 0.3) is 0 Å². The molecule has 0 saturated carbocycles. The predicted molar refractivity (Wildman–Crippen MR) is 66.3 cm³/mol. The maximum Gasteiger partial charge on any atom is 0.260 e. The van der Waals surface area contributed by atoms with Gasteiger partial charge in [-0.25, -0.2) is 15.0 Å². The van der Waals surface area contributed by atoms with E-state index >= 15 is 0 Å². The van der Waals surface area contributed by atoms with Crippen molar-refractivity contribution in [3.05, 3.63) is 40.9 Å². The van der Waals surface area contributed by atoms with Gasteiger partial charge in [-0.2, -0.15) is 0 Å². The Kier molecular flexibility index (Phi) is 3.29. The summed E-state index contributed by atoms with van der Waals surface area (Å²) in [5.74, 6) is 0.156. The molecule has 0 radical (unpaired) electrons. The van der Waals surface area contributed by atoms with Crippen molar-refractivity contribution in [3.63, 3.8) is 0 Å². The van der Waals surface area contributed by atoms with Gasteiger partial charge in [0.2, 0.25) is 0 Å². The zero-order chi connectivity index (χ0) is 12.3. The monoisotopic (exact) mass is 293 g/mol. The highest BCUT2D eigenvalue weighted by Gasteiger charge is 2.10. The van der Waals surface area contributed by atoms with E-state index < -0.39 is 0 Å². The van der Waals surface area contributed by atoms with Gasteiger partial charge in [0.05, 0.1) is 18.0 Å². The number of nitrogens with zero attached hydrogens (tertiary/aromatic N) is 3. The lowest BCUT2D eigenvalue weighted by molar-refractivity contribution is 0.102. The number of hydrogen-bond acceptors (Lipinski definition) is 5. The minimum absolute atomic E-state index is 0.176. The lowest BCUT2D eigenvalue weighted by Crippen LogP contribution is -2.15. The van der Waals surface area contributed by atoms with E-state index in [1.165, 1.54) is 18.6 Å². The molecule has 0 fully saturated rings. The van der Waals surface area contributed by atoms with E-state index in [2.05, 4.69) is 36.2 Å². The van der Waals surface area contributed by atoms with Gasteiger partial charge < -0.3 is 11.1 Å². The molecule has 2 aromatic rings. The first-order valence-corrected chi connectivity index (χ1v) is 5.45. The Hall–Kier alpha value is -2.02. The summed E-state index contributed by atoms with van der Waals surface area (Å²) in [4.78, 5) is 23.6. The largest absolute Gasteiger partial charge is 0.383 e. The number of anilines is 2. The Labute approximate surface area is 105 Å². The van der Waals surface area contributed by atoms with Gasteiger partial charge >= 0.3 is 0 Å². The van der Waals surface area contributed by atoms with E-state index in [1.807, 2.05) is 0 Å². The molecular weight excluding hydrogens is 286 g/mol. The van der Waals surface area contributed by atoms with Crippen molar-refractivity contribution in [1.82, 2.24) is 15.0 Å². The zero-order valence-corrected chi connectivity index (χ0v) is 10.2. The minimum Gasteiger partial charge on any atom is -0.383 e. The van der Waals surface area contributed by atoms with Crippen LogP contribution < -0.4 is 11.1 Å². The number of nitrogen functional groups attached to an aromatic ring is 1. The predicted octanol–water partition coefficient (Wildman–Crippen LogP) is 1.47. The number of pyridine rings is 1. The quantitative estimate of drug-likeness (QED) is 0.874. The lowest BCUT2D eigenvalue weighted by atomic mass is 10.2. The van der Waals surface area contributed by atoms with Gasteiger partial charge in [0.25, 0.3) is 5.91 Å². The lowest BCUT2D eigenvalue weighted by Gasteiger charge is -2.05. The smallest absolute Gasteiger partial charge is 0.260 e. The maximum absolute atomic E-state index is 11.8. The molecule has 3 N–H and O–H groups in total. The molecule has 0 bridgehead atoms. The third-order valence-electron chi connectivity index (χ3n) is 1.95. The fraction of sp³-hybridized carbons (Fsp3) is 0. The minimum atomic E-state index is -0.368. The van der Waals surface area contributed by atoms with Crippen molar-refractivity contribution in [2.45, 2.75) is 0 Å². The highest BCUT2D eigenvalue weighted by molar-refractivity contribution is 9.10. The van der Waals surface area contributed by atoms with E-state index in [4.69, 9.17) is 5.73 Å². The van der Waals surface area contributed by atoms with E-state index in [9.17, 15) is 4.79 Å². The zero-order valence-electron chi connectivity index (χ0n) is 8.59. The second-order valence-corrected chi connectivity index (χ2v) is 3.93. The summed E-state index contributed by atoms with van der Waals surface area (Å²) >= 11 is 3.15. The number of hydrogen-bond donors (Lipinski definition) is 2. The molecule has 0 aromatic carbocycles. The van der Waals surface area contributed by atoms with Crippen LogP contribution >= 0.6 is 15.9 Å². The number of aromatic nitrogens is 3. The first-order valence-electron chi connectivity index (χ1n) is 4.66. The molecule has 0 saturated heterocycles. The topological polar surface area (TPSA) is 93.8 Å². The molecule has 2 aromatic heterocycles. The molecule has 0 aliphatic heterocycles. The number of halogens is 1. The SMILES string of the molecule is Nc1ncccc1C(=O)Nc1cnc(Br)cn1. The van der Waals surface area contributed by atoms with Crippen molar-refractivity contribution in [2.75, 3.05) is 11.1 Å². The van der Waals surface area contributed by atoms with E-state index in [1.54, 1.807) is 12.1 Å². The molecule has 0 spiro atoms. The molecule has 2 rings (SSSR count). The van der Waals surface area contributed by atoms with Crippen LogP contribution in [0.4, 0.5) is 11.6 Å². The molecule has 17 heavy (non-hydrogen) atoms. The van der Waals surface area contributed by atoms with Gasteiger partial charge in [0.1, 0.15) is 10.4 Å². The van der Waals surface area contributed by atoms with Crippen LogP contribution in [0.5, 0.6) is 0 Å². The number of carbonyl (C=O) groups excluding carboxylic acids is 1. The maximum atomic E-state index is 11.8. The van der Waals surface area contributed by atoms with Gasteiger partial charge in [0.15, 0.2) is 5.82 Å². The molecule has 1 amide bonds. The van der Waals surface area contributed by atoms with Crippen molar-refractivity contribution < 1.29 is 4.79 Å². The Morgan fingerprint density at radius 1 is 1.29 bits per heavy atom. The fourth-order valence-electron chi connectivity index (χ4n) is 1.17. The molecular formula is C10H8BrN5O. The summed E-state index contributed by atoms with van der Waals surface area (Å²) in [7, 11) is 0. The van der Waals surface area contributed by atoms with Crippen molar-refractivity contribution in [1.29, 1.82) is 0 Å². The van der Waals surface area contributed by atoms with E-state index in [0.717, 1.165) is 0 Å². The number of rotatable bonds is 2. The molecule has 2 heterocycles. The molecule has 0 atom stereocenters.